The van der Waals surface area contributed by atoms with Crippen LogP contribution in [-0.4, -0.2) is 12.5 Å². The fourth-order valence-corrected chi connectivity index (χ4v) is 2.26. The largest absolute Gasteiger partial charge is 0.493 e. The number of benzene rings is 2. The van der Waals surface area contributed by atoms with Gasteiger partial charge in [0.05, 0.1) is 17.3 Å². The van der Waals surface area contributed by atoms with Gasteiger partial charge in [-0.05, 0) is 43.7 Å². The van der Waals surface area contributed by atoms with Crippen molar-refractivity contribution in [2.75, 3.05) is 17.7 Å². The number of ether oxygens (including phenoxy) is 1. The van der Waals surface area contributed by atoms with Crippen molar-refractivity contribution < 1.29 is 9.53 Å². The zero-order valence-corrected chi connectivity index (χ0v) is 12.7. The van der Waals surface area contributed by atoms with Crippen LogP contribution in [0.25, 0.3) is 0 Å². The molecule has 0 saturated carbocycles. The van der Waals surface area contributed by atoms with Crippen LogP contribution in [0.2, 0.25) is 5.02 Å². The molecule has 0 unspecified atom stereocenters. The molecule has 21 heavy (non-hydrogen) atoms. The number of carbonyl (C=O) groups excluding carboxylic acids is 1. The van der Waals surface area contributed by atoms with Gasteiger partial charge in [0.1, 0.15) is 11.3 Å². The molecule has 0 aromatic heterocycles. The summed E-state index contributed by atoms with van der Waals surface area (Å²) >= 11 is 6.12. The maximum Gasteiger partial charge on any atom is 0.261 e. The molecular formula is C16H17ClN2O2. The van der Waals surface area contributed by atoms with Crippen molar-refractivity contribution in [3.05, 3.63) is 52.5 Å². The van der Waals surface area contributed by atoms with Gasteiger partial charge in [-0.15, -0.1) is 0 Å². The number of amides is 1. The number of hydrogen-bond donors (Lipinski definition) is 2. The zero-order valence-electron chi connectivity index (χ0n) is 11.9. The molecule has 3 N–H and O–H groups in total. The van der Waals surface area contributed by atoms with Crippen LogP contribution in [0.4, 0.5) is 11.4 Å². The lowest BCUT2D eigenvalue weighted by Crippen LogP contribution is -2.16. The van der Waals surface area contributed by atoms with E-state index in [2.05, 4.69) is 5.32 Å². The summed E-state index contributed by atoms with van der Waals surface area (Å²) in [6.07, 6.45) is 0. The molecule has 0 fully saturated rings. The van der Waals surface area contributed by atoms with Crippen LogP contribution in [-0.2, 0) is 0 Å². The van der Waals surface area contributed by atoms with Gasteiger partial charge in [0.15, 0.2) is 0 Å². The summed E-state index contributed by atoms with van der Waals surface area (Å²) in [5.41, 5.74) is 8.13. The van der Waals surface area contributed by atoms with E-state index in [-0.39, 0.29) is 5.91 Å². The van der Waals surface area contributed by atoms with E-state index in [1.54, 1.807) is 30.3 Å². The van der Waals surface area contributed by atoms with Crippen molar-refractivity contribution in [3.63, 3.8) is 0 Å². The SMILES string of the molecule is CCOc1cccc(N)c1C(=O)Nc1ccc(C)cc1Cl. The summed E-state index contributed by atoms with van der Waals surface area (Å²) in [7, 11) is 0. The Morgan fingerprint density at radius 2 is 2.10 bits per heavy atom. The van der Waals surface area contributed by atoms with Crippen LogP contribution < -0.4 is 15.8 Å². The fourth-order valence-electron chi connectivity index (χ4n) is 1.97. The smallest absolute Gasteiger partial charge is 0.261 e. The van der Waals surface area contributed by atoms with Crippen molar-refractivity contribution in [3.8, 4) is 5.75 Å². The van der Waals surface area contributed by atoms with E-state index in [0.29, 0.717) is 34.3 Å². The van der Waals surface area contributed by atoms with Gasteiger partial charge in [-0.25, -0.2) is 0 Å². The average molecular weight is 305 g/mol. The van der Waals surface area contributed by atoms with Gasteiger partial charge in [0, 0.05) is 5.69 Å². The predicted octanol–water partition coefficient (Wildman–Crippen LogP) is 3.88. The number of carbonyl (C=O) groups is 1. The minimum Gasteiger partial charge on any atom is -0.493 e. The number of nitrogen functional groups attached to an aromatic ring is 1. The Kier molecular flexibility index (Phi) is 4.70. The summed E-state index contributed by atoms with van der Waals surface area (Å²) in [6.45, 7) is 4.23. The number of aryl methyl sites for hydroxylation is 1. The van der Waals surface area contributed by atoms with E-state index in [9.17, 15) is 4.79 Å². The van der Waals surface area contributed by atoms with Gasteiger partial charge in [0.25, 0.3) is 5.91 Å². The van der Waals surface area contributed by atoms with Gasteiger partial charge in [-0.2, -0.15) is 0 Å². The highest BCUT2D eigenvalue weighted by Crippen LogP contribution is 2.28. The second-order valence-corrected chi connectivity index (χ2v) is 5.00. The van der Waals surface area contributed by atoms with Crippen molar-refractivity contribution in [1.29, 1.82) is 0 Å². The summed E-state index contributed by atoms with van der Waals surface area (Å²) < 4.78 is 5.45. The highest BCUT2D eigenvalue weighted by atomic mass is 35.5. The van der Waals surface area contributed by atoms with Crippen molar-refractivity contribution in [2.45, 2.75) is 13.8 Å². The van der Waals surface area contributed by atoms with Crippen LogP contribution in [0.5, 0.6) is 5.75 Å². The molecule has 0 atom stereocenters. The standard InChI is InChI=1S/C16H17ClN2O2/c1-3-21-14-6-4-5-12(18)15(14)16(20)19-13-8-7-10(2)9-11(13)17/h4-9H,3,18H2,1-2H3,(H,19,20). The van der Waals surface area contributed by atoms with Crippen LogP contribution in [0.3, 0.4) is 0 Å². The topological polar surface area (TPSA) is 64.3 Å². The molecule has 2 aromatic carbocycles. The number of halogens is 1. The zero-order chi connectivity index (χ0) is 15.4. The Labute approximate surface area is 128 Å². The first-order chi connectivity index (χ1) is 10.0. The van der Waals surface area contributed by atoms with Crippen molar-refractivity contribution >= 4 is 28.9 Å². The molecule has 5 heteroatoms. The number of nitrogens with two attached hydrogens (primary N) is 1. The van der Waals surface area contributed by atoms with Gasteiger partial charge in [-0.1, -0.05) is 23.7 Å². The summed E-state index contributed by atoms with van der Waals surface area (Å²) in [5.74, 6) is 0.112. The lowest BCUT2D eigenvalue weighted by molar-refractivity contribution is 0.102. The number of anilines is 2. The monoisotopic (exact) mass is 304 g/mol. The quantitative estimate of drug-likeness (QED) is 0.842. The summed E-state index contributed by atoms with van der Waals surface area (Å²) in [4.78, 5) is 12.4. The van der Waals surface area contributed by atoms with Crippen LogP contribution in [0.15, 0.2) is 36.4 Å². The molecule has 0 saturated heterocycles. The molecule has 1 amide bonds. The average Bonchev–Trinajstić information content (AvgIpc) is 2.42. The molecule has 0 aliphatic heterocycles. The van der Waals surface area contributed by atoms with E-state index in [1.165, 1.54) is 0 Å². The van der Waals surface area contributed by atoms with Gasteiger partial charge in [-0.3, -0.25) is 4.79 Å². The van der Waals surface area contributed by atoms with E-state index in [4.69, 9.17) is 22.1 Å². The maximum absolute atomic E-state index is 12.4. The van der Waals surface area contributed by atoms with Crippen LogP contribution in [0, 0.1) is 6.92 Å². The van der Waals surface area contributed by atoms with Crippen LogP contribution in [0.1, 0.15) is 22.8 Å². The minimum atomic E-state index is -0.345. The maximum atomic E-state index is 12.4. The molecule has 0 radical (unpaired) electrons. The third-order valence-electron chi connectivity index (χ3n) is 2.96. The summed E-state index contributed by atoms with van der Waals surface area (Å²) in [6, 6.07) is 10.5. The van der Waals surface area contributed by atoms with Crippen molar-refractivity contribution in [1.82, 2.24) is 0 Å². The molecule has 0 bridgehead atoms. The van der Waals surface area contributed by atoms with Gasteiger partial charge >= 0.3 is 0 Å². The lowest BCUT2D eigenvalue weighted by atomic mass is 10.1. The first-order valence-corrected chi connectivity index (χ1v) is 6.99. The number of hydrogen-bond acceptors (Lipinski definition) is 3. The Balaban J connectivity index is 2.32. The number of nitrogens with one attached hydrogen (secondary N) is 1. The highest BCUT2D eigenvalue weighted by molar-refractivity contribution is 6.34. The molecule has 2 aromatic rings. The van der Waals surface area contributed by atoms with Crippen LogP contribution >= 0.6 is 11.6 Å². The second-order valence-electron chi connectivity index (χ2n) is 4.59. The van der Waals surface area contributed by atoms with E-state index in [0.717, 1.165) is 5.56 Å². The van der Waals surface area contributed by atoms with E-state index in [1.807, 2.05) is 19.9 Å². The lowest BCUT2D eigenvalue weighted by Gasteiger charge is -2.13. The van der Waals surface area contributed by atoms with E-state index >= 15 is 0 Å². The summed E-state index contributed by atoms with van der Waals surface area (Å²) in [5, 5.41) is 3.24. The molecule has 0 heterocycles. The first kappa shape index (κ1) is 15.2. The fraction of sp³-hybridized carbons (Fsp3) is 0.188. The third kappa shape index (κ3) is 3.47. The predicted molar refractivity (Wildman–Crippen MR) is 86.2 cm³/mol. The molecule has 110 valence electrons. The normalized spacial score (nSPS) is 10.2. The Morgan fingerprint density at radius 3 is 2.76 bits per heavy atom. The molecular weight excluding hydrogens is 288 g/mol. The molecule has 4 nitrogen and oxygen atoms in total. The molecule has 0 aliphatic rings. The Bertz CT molecular complexity index is 671. The Morgan fingerprint density at radius 1 is 1.33 bits per heavy atom. The first-order valence-electron chi connectivity index (χ1n) is 6.61. The second kappa shape index (κ2) is 6.50. The minimum absolute atomic E-state index is 0.316. The van der Waals surface area contributed by atoms with E-state index < -0.39 is 0 Å². The van der Waals surface area contributed by atoms with Gasteiger partial charge < -0.3 is 15.8 Å². The third-order valence-corrected chi connectivity index (χ3v) is 3.27. The van der Waals surface area contributed by atoms with Gasteiger partial charge in [0.2, 0.25) is 0 Å². The van der Waals surface area contributed by atoms with Crippen molar-refractivity contribution in [2.24, 2.45) is 0 Å². The number of rotatable bonds is 4. The Hall–Kier alpha value is -2.20. The molecule has 2 rings (SSSR count). The molecule has 0 aliphatic carbocycles. The highest BCUT2D eigenvalue weighted by Gasteiger charge is 2.17. The molecule has 0 spiro atoms.